The molecule has 0 aromatic carbocycles. The van der Waals surface area contributed by atoms with E-state index in [0.29, 0.717) is 13.1 Å². The number of carbonyl (C=O) groups is 2. The quantitative estimate of drug-likeness (QED) is 0.801. The molecule has 6 nitrogen and oxygen atoms in total. The van der Waals surface area contributed by atoms with E-state index in [2.05, 4.69) is 22.5 Å². The predicted octanol–water partition coefficient (Wildman–Crippen LogP) is 1.66. The van der Waals surface area contributed by atoms with Crippen LogP contribution in [0.3, 0.4) is 0 Å². The molecule has 6 heteroatoms. The smallest absolute Gasteiger partial charge is 0.317 e. The average molecular weight is 338 g/mol. The maximum Gasteiger partial charge on any atom is 0.317 e. The van der Waals surface area contributed by atoms with E-state index in [-0.39, 0.29) is 23.9 Å². The molecule has 2 saturated heterocycles. The minimum atomic E-state index is -0.0110. The number of urea groups is 1. The Bertz CT molecular complexity index is 419. The van der Waals surface area contributed by atoms with E-state index >= 15 is 0 Å². The van der Waals surface area contributed by atoms with E-state index in [1.54, 1.807) is 0 Å². The monoisotopic (exact) mass is 338 g/mol. The molecule has 0 saturated carbocycles. The molecule has 2 N–H and O–H groups in total. The number of hydrogen-bond acceptors (Lipinski definition) is 3. The second-order valence-electron chi connectivity index (χ2n) is 7.70. The van der Waals surface area contributed by atoms with Gasteiger partial charge in [-0.1, -0.05) is 6.92 Å². The first-order valence-corrected chi connectivity index (χ1v) is 9.51. The first-order chi connectivity index (χ1) is 11.5. The van der Waals surface area contributed by atoms with Crippen LogP contribution in [-0.4, -0.2) is 67.0 Å². The molecule has 0 aliphatic carbocycles. The van der Waals surface area contributed by atoms with Crippen molar-refractivity contribution in [2.45, 2.75) is 52.5 Å². The van der Waals surface area contributed by atoms with Crippen LogP contribution in [0.15, 0.2) is 0 Å². The molecule has 2 rings (SSSR count). The maximum atomic E-state index is 12.3. The van der Waals surface area contributed by atoms with Gasteiger partial charge in [-0.2, -0.15) is 0 Å². The Morgan fingerprint density at radius 2 is 1.83 bits per heavy atom. The summed E-state index contributed by atoms with van der Waals surface area (Å²) in [7, 11) is 0. The van der Waals surface area contributed by atoms with Gasteiger partial charge in [0.15, 0.2) is 0 Å². The molecule has 0 unspecified atom stereocenters. The van der Waals surface area contributed by atoms with Gasteiger partial charge in [-0.15, -0.1) is 0 Å². The average Bonchev–Trinajstić information content (AvgIpc) is 2.54. The van der Waals surface area contributed by atoms with E-state index in [1.807, 2.05) is 18.7 Å². The van der Waals surface area contributed by atoms with E-state index in [9.17, 15) is 9.59 Å². The number of piperidine rings is 2. The molecule has 2 heterocycles. The molecular weight excluding hydrogens is 304 g/mol. The van der Waals surface area contributed by atoms with Gasteiger partial charge in [-0.25, -0.2) is 4.79 Å². The van der Waals surface area contributed by atoms with Gasteiger partial charge in [0.2, 0.25) is 5.91 Å². The SMILES string of the molecule is CC(C)NC(=O)N1CCC(C(=O)NCCN2CCC[C@@H](C)C2)CC1. The second-order valence-corrected chi connectivity index (χ2v) is 7.70. The normalized spacial score (nSPS) is 23.3. The van der Waals surface area contributed by atoms with Crippen LogP contribution in [0.1, 0.15) is 46.5 Å². The molecule has 1 atom stereocenters. The highest BCUT2D eigenvalue weighted by molar-refractivity contribution is 5.79. The molecule has 3 amide bonds. The summed E-state index contributed by atoms with van der Waals surface area (Å²) in [5.41, 5.74) is 0. The Kier molecular flexibility index (Phi) is 7.34. The topological polar surface area (TPSA) is 64.7 Å². The maximum absolute atomic E-state index is 12.3. The summed E-state index contributed by atoms with van der Waals surface area (Å²) in [6.45, 7) is 11.5. The van der Waals surface area contributed by atoms with Gasteiger partial charge in [0, 0.05) is 44.7 Å². The zero-order valence-electron chi connectivity index (χ0n) is 15.5. The van der Waals surface area contributed by atoms with Crippen LogP contribution in [0, 0.1) is 11.8 Å². The Balaban J connectivity index is 1.63. The largest absolute Gasteiger partial charge is 0.355 e. The van der Waals surface area contributed by atoms with Crippen LogP contribution < -0.4 is 10.6 Å². The molecule has 0 aromatic heterocycles. The van der Waals surface area contributed by atoms with Crippen molar-refractivity contribution in [1.29, 1.82) is 0 Å². The van der Waals surface area contributed by atoms with E-state index in [4.69, 9.17) is 0 Å². The van der Waals surface area contributed by atoms with Crippen LogP contribution in [0.25, 0.3) is 0 Å². The number of likely N-dealkylation sites (tertiary alicyclic amines) is 2. The molecule has 0 bridgehead atoms. The highest BCUT2D eigenvalue weighted by Crippen LogP contribution is 2.18. The molecule has 2 fully saturated rings. The zero-order chi connectivity index (χ0) is 17.5. The van der Waals surface area contributed by atoms with Crippen LogP contribution >= 0.6 is 0 Å². The summed E-state index contributed by atoms with van der Waals surface area (Å²) < 4.78 is 0. The second kappa shape index (κ2) is 9.25. The Labute approximate surface area is 146 Å². The minimum Gasteiger partial charge on any atom is -0.355 e. The Morgan fingerprint density at radius 3 is 2.46 bits per heavy atom. The van der Waals surface area contributed by atoms with Crippen molar-refractivity contribution in [3.63, 3.8) is 0 Å². The van der Waals surface area contributed by atoms with Crippen molar-refractivity contribution in [1.82, 2.24) is 20.4 Å². The van der Waals surface area contributed by atoms with Gasteiger partial charge in [0.1, 0.15) is 0 Å². The number of carbonyl (C=O) groups excluding carboxylic acids is 2. The summed E-state index contributed by atoms with van der Waals surface area (Å²) >= 11 is 0. The van der Waals surface area contributed by atoms with Crippen LogP contribution in [0.4, 0.5) is 4.79 Å². The van der Waals surface area contributed by atoms with Crippen molar-refractivity contribution in [2.75, 3.05) is 39.3 Å². The Morgan fingerprint density at radius 1 is 1.12 bits per heavy atom. The summed E-state index contributed by atoms with van der Waals surface area (Å²) in [4.78, 5) is 28.5. The highest BCUT2D eigenvalue weighted by atomic mass is 16.2. The van der Waals surface area contributed by atoms with Gasteiger partial charge in [0.05, 0.1) is 0 Å². The van der Waals surface area contributed by atoms with Gasteiger partial charge in [0.25, 0.3) is 0 Å². The number of amides is 3. The zero-order valence-corrected chi connectivity index (χ0v) is 15.5. The van der Waals surface area contributed by atoms with E-state index in [1.165, 1.54) is 12.8 Å². The molecule has 138 valence electrons. The van der Waals surface area contributed by atoms with Crippen molar-refractivity contribution in [2.24, 2.45) is 11.8 Å². The predicted molar refractivity (Wildman–Crippen MR) is 95.8 cm³/mol. The summed E-state index contributed by atoms with van der Waals surface area (Å²) in [6.07, 6.45) is 4.12. The molecule has 0 spiro atoms. The number of nitrogens with one attached hydrogen (secondary N) is 2. The van der Waals surface area contributed by atoms with Crippen LogP contribution in [-0.2, 0) is 4.79 Å². The summed E-state index contributed by atoms with van der Waals surface area (Å²) in [5.74, 6) is 0.980. The standard InChI is InChI=1S/C18H34N4O2/c1-14(2)20-18(24)22-10-6-16(7-11-22)17(23)19-8-12-21-9-4-5-15(3)13-21/h14-16H,4-13H2,1-3H3,(H,19,23)(H,20,24)/t15-/m1/s1. The lowest BCUT2D eigenvalue weighted by molar-refractivity contribution is -0.126. The molecular formula is C18H34N4O2. The van der Waals surface area contributed by atoms with Gasteiger partial charge < -0.3 is 20.4 Å². The lowest BCUT2D eigenvalue weighted by atomic mass is 9.96. The third kappa shape index (κ3) is 5.96. The third-order valence-corrected chi connectivity index (χ3v) is 5.03. The molecule has 0 aromatic rings. The summed E-state index contributed by atoms with van der Waals surface area (Å²) in [6, 6.07) is 0.138. The van der Waals surface area contributed by atoms with Crippen molar-refractivity contribution in [3.05, 3.63) is 0 Å². The molecule has 24 heavy (non-hydrogen) atoms. The van der Waals surface area contributed by atoms with Crippen molar-refractivity contribution >= 4 is 11.9 Å². The van der Waals surface area contributed by atoms with Crippen LogP contribution in [0.2, 0.25) is 0 Å². The van der Waals surface area contributed by atoms with Gasteiger partial charge in [-0.3, -0.25) is 4.79 Å². The van der Waals surface area contributed by atoms with E-state index in [0.717, 1.165) is 44.9 Å². The number of rotatable bonds is 5. The lowest BCUT2D eigenvalue weighted by Gasteiger charge is -2.33. The Hall–Kier alpha value is -1.30. The number of hydrogen-bond donors (Lipinski definition) is 2. The van der Waals surface area contributed by atoms with Gasteiger partial charge >= 0.3 is 6.03 Å². The fraction of sp³-hybridized carbons (Fsp3) is 0.889. The van der Waals surface area contributed by atoms with Gasteiger partial charge in [-0.05, 0) is 52.0 Å². The molecule has 2 aliphatic heterocycles. The first-order valence-electron chi connectivity index (χ1n) is 9.51. The minimum absolute atomic E-state index is 0.0110. The molecule has 2 aliphatic rings. The summed E-state index contributed by atoms with van der Waals surface area (Å²) in [5, 5.41) is 6.00. The number of nitrogens with zero attached hydrogens (tertiary/aromatic N) is 2. The van der Waals surface area contributed by atoms with E-state index < -0.39 is 0 Å². The highest BCUT2D eigenvalue weighted by Gasteiger charge is 2.27. The fourth-order valence-electron chi connectivity index (χ4n) is 3.65. The first kappa shape index (κ1) is 19.0. The fourth-order valence-corrected chi connectivity index (χ4v) is 3.65. The molecule has 0 radical (unpaired) electrons. The third-order valence-electron chi connectivity index (χ3n) is 5.03. The lowest BCUT2D eigenvalue weighted by Crippen LogP contribution is -2.49. The van der Waals surface area contributed by atoms with Crippen molar-refractivity contribution < 1.29 is 9.59 Å². The van der Waals surface area contributed by atoms with Crippen molar-refractivity contribution in [3.8, 4) is 0 Å². The van der Waals surface area contributed by atoms with Crippen LogP contribution in [0.5, 0.6) is 0 Å².